The predicted molar refractivity (Wildman–Crippen MR) is 45.0 cm³/mol. The molecule has 0 fully saturated rings. The van der Waals surface area contributed by atoms with E-state index < -0.39 is 0 Å². The number of fused-ring (bicyclic) bond motifs is 1. The van der Waals surface area contributed by atoms with Gasteiger partial charge in [-0.25, -0.2) is 4.39 Å². The maximum absolute atomic E-state index is 13.2. The lowest BCUT2D eigenvalue weighted by Gasteiger charge is -2.02. The zero-order valence-corrected chi connectivity index (χ0v) is 6.83. The van der Waals surface area contributed by atoms with E-state index in [0.717, 1.165) is 11.8 Å². The minimum Gasteiger partial charge on any atom is -0.493 e. The van der Waals surface area contributed by atoms with Crippen LogP contribution < -0.4 is 4.74 Å². The molecule has 0 aliphatic carbocycles. The standard InChI is InChI=1S/C9H8FNO2/c10-8-1-2-9-6(3-4-13-9)7(8)5-11-12/h1-2,5,12H,3-4H2. The van der Waals surface area contributed by atoms with E-state index in [1.165, 1.54) is 6.07 Å². The van der Waals surface area contributed by atoms with Crippen molar-refractivity contribution >= 4 is 6.21 Å². The zero-order valence-electron chi connectivity index (χ0n) is 6.83. The molecule has 0 aromatic heterocycles. The Morgan fingerprint density at radius 1 is 1.54 bits per heavy atom. The summed E-state index contributed by atoms with van der Waals surface area (Å²) in [5, 5.41) is 11.2. The minimum absolute atomic E-state index is 0.317. The normalized spacial score (nSPS) is 14.5. The minimum atomic E-state index is -0.387. The van der Waals surface area contributed by atoms with Crippen LogP contribution in [0, 0.1) is 5.82 Å². The van der Waals surface area contributed by atoms with E-state index in [1.807, 2.05) is 0 Å². The summed E-state index contributed by atoms with van der Waals surface area (Å²) < 4.78 is 18.4. The summed E-state index contributed by atoms with van der Waals surface area (Å²) in [6.07, 6.45) is 1.76. The van der Waals surface area contributed by atoms with E-state index in [4.69, 9.17) is 9.94 Å². The molecule has 0 saturated carbocycles. The number of ether oxygens (including phenoxy) is 1. The second kappa shape index (κ2) is 3.05. The van der Waals surface area contributed by atoms with Gasteiger partial charge in [-0.3, -0.25) is 0 Å². The van der Waals surface area contributed by atoms with Crippen LogP contribution in [0.5, 0.6) is 5.75 Å². The van der Waals surface area contributed by atoms with Crippen LogP contribution in [-0.2, 0) is 6.42 Å². The highest BCUT2D eigenvalue weighted by atomic mass is 19.1. The predicted octanol–water partition coefficient (Wildman–Crippen LogP) is 1.57. The Hall–Kier alpha value is -1.58. The van der Waals surface area contributed by atoms with Crippen LogP contribution in [0.3, 0.4) is 0 Å². The highest BCUT2D eigenvalue weighted by molar-refractivity contribution is 5.83. The van der Waals surface area contributed by atoms with Gasteiger partial charge in [0.25, 0.3) is 0 Å². The maximum atomic E-state index is 13.2. The summed E-state index contributed by atoms with van der Waals surface area (Å²) in [6.45, 7) is 0.561. The number of nitrogens with zero attached hydrogens (tertiary/aromatic N) is 1. The van der Waals surface area contributed by atoms with E-state index in [1.54, 1.807) is 6.07 Å². The molecule has 0 amide bonds. The van der Waals surface area contributed by atoms with Crippen molar-refractivity contribution < 1.29 is 14.3 Å². The number of rotatable bonds is 1. The van der Waals surface area contributed by atoms with Gasteiger partial charge >= 0.3 is 0 Å². The van der Waals surface area contributed by atoms with Gasteiger partial charge in [-0.1, -0.05) is 5.16 Å². The Morgan fingerprint density at radius 2 is 2.38 bits per heavy atom. The molecule has 3 nitrogen and oxygen atoms in total. The fourth-order valence-corrected chi connectivity index (χ4v) is 1.47. The van der Waals surface area contributed by atoms with Gasteiger partial charge in [0, 0.05) is 17.5 Å². The fourth-order valence-electron chi connectivity index (χ4n) is 1.47. The van der Waals surface area contributed by atoms with E-state index in [9.17, 15) is 4.39 Å². The third-order valence-electron chi connectivity index (χ3n) is 2.06. The molecule has 0 saturated heterocycles. The topological polar surface area (TPSA) is 41.8 Å². The Morgan fingerprint density at radius 3 is 3.15 bits per heavy atom. The smallest absolute Gasteiger partial charge is 0.132 e. The molecular formula is C9H8FNO2. The first-order valence-electron chi connectivity index (χ1n) is 3.94. The Labute approximate surface area is 74.4 Å². The summed E-state index contributed by atoms with van der Waals surface area (Å²) in [5.41, 5.74) is 1.09. The van der Waals surface area contributed by atoms with Crippen LogP contribution in [0.1, 0.15) is 11.1 Å². The van der Waals surface area contributed by atoms with Gasteiger partial charge in [0.2, 0.25) is 0 Å². The quantitative estimate of drug-likeness (QED) is 0.406. The lowest BCUT2D eigenvalue weighted by Crippen LogP contribution is -1.94. The van der Waals surface area contributed by atoms with Gasteiger partial charge in [0.15, 0.2) is 0 Å². The second-order valence-electron chi connectivity index (χ2n) is 2.78. The Balaban J connectivity index is 2.58. The van der Waals surface area contributed by atoms with E-state index in [2.05, 4.69) is 5.16 Å². The summed E-state index contributed by atoms with van der Waals surface area (Å²) >= 11 is 0. The molecule has 0 unspecified atom stereocenters. The molecule has 0 bridgehead atoms. The SMILES string of the molecule is ON=Cc1c(F)ccc2c1CCO2. The largest absolute Gasteiger partial charge is 0.493 e. The van der Waals surface area contributed by atoms with Crippen molar-refractivity contribution in [1.29, 1.82) is 0 Å². The average molecular weight is 181 g/mol. The van der Waals surface area contributed by atoms with Crippen LogP contribution in [-0.4, -0.2) is 18.0 Å². The highest BCUT2D eigenvalue weighted by Crippen LogP contribution is 2.28. The first-order valence-corrected chi connectivity index (χ1v) is 3.94. The van der Waals surface area contributed by atoms with E-state index in [0.29, 0.717) is 24.3 Å². The summed E-state index contributed by atoms with van der Waals surface area (Å²) in [7, 11) is 0. The van der Waals surface area contributed by atoms with Crippen LogP contribution >= 0.6 is 0 Å². The third kappa shape index (κ3) is 1.24. The molecule has 4 heteroatoms. The van der Waals surface area contributed by atoms with Gasteiger partial charge in [0.05, 0.1) is 12.8 Å². The Kier molecular flexibility index (Phi) is 1.88. The third-order valence-corrected chi connectivity index (χ3v) is 2.06. The molecule has 13 heavy (non-hydrogen) atoms. The molecule has 1 aromatic carbocycles. The van der Waals surface area contributed by atoms with Crippen LogP contribution in [0.15, 0.2) is 17.3 Å². The van der Waals surface area contributed by atoms with Crippen molar-refractivity contribution in [2.75, 3.05) is 6.61 Å². The molecule has 1 heterocycles. The monoisotopic (exact) mass is 181 g/mol. The number of oxime groups is 1. The number of hydrogen-bond acceptors (Lipinski definition) is 3. The van der Waals surface area contributed by atoms with Crippen molar-refractivity contribution in [3.05, 3.63) is 29.1 Å². The van der Waals surface area contributed by atoms with Crippen molar-refractivity contribution in [1.82, 2.24) is 0 Å². The molecular weight excluding hydrogens is 173 g/mol. The highest BCUT2D eigenvalue weighted by Gasteiger charge is 2.18. The van der Waals surface area contributed by atoms with Crippen molar-refractivity contribution in [2.24, 2.45) is 5.16 Å². The summed E-state index contributed by atoms with van der Waals surface area (Å²) in [5.74, 6) is 0.290. The van der Waals surface area contributed by atoms with Crippen LogP contribution in [0.4, 0.5) is 4.39 Å². The van der Waals surface area contributed by atoms with Crippen molar-refractivity contribution in [3.63, 3.8) is 0 Å². The maximum Gasteiger partial charge on any atom is 0.132 e. The van der Waals surface area contributed by atoms with Crippen molar-refractivity contribution in [3.8, 4) is 5.75 Å². The fraction of sp³-hybridized carbons (Fsp3) is 0.222. The summed E-state index contributed by atoms with van der Waals surface area (Å²) in [4.78, 5) is 0. The lowest BCUT2D eigenvalue weighted by atomic mass is 10.1. The van der Waals surface area contributed by atoms with E-state index >= 15 is 0 Å². The first-order chi connectivity index (χ1) is 6.33. The van der Waals surface area contributed by atoms with Crippen molar-refractivity contribution in [2.45, 2.75) is 6.42 Å². The number of benzene rings is 1. The first kappa shape index (κ1) is 8.04. The van der Waals surface area contributed by atoms with Gasteiger partial charge < -0.3 is 9.94 Å². The van der Waals surface area contributed by atoms with Gasteiger partial charge in [0.1, 0.15) is 11.6 Å². The number of halogens is 1. The molecule has 0 spiro atoms. The molecule has 1 aliphatic rings. The molecule has 1 aromatic rings. The van der Waals surface area contributed by atoms with Crippen LogP contribution in [0.2, 0.25) is 0 Å². The van der Waals surface area contributed by atoms with Gasteiger partial charge in [-0.15, -0.1) is 0 Å². The molecule has 0 radical (unpaired) electrons. The molecule has 1 aliphatic heterocycles. The molecule has 1 N–H and O–H groups in total. The number of hydrogen-bond donors (Lipinski definition) is 1. The van der Waals surface area contributed by atoms with Gasteiger partial charge in [-0.05, 0) is 12.1 Å². The molecule has 0 atom stereocenters. The molecule has 68 valence electrons. The summed E-state index contributed by atoms with van der Waals surface area (Å²) in [6, 6.07) is 2.90. The van der Waals surface area contributed by atoms with E-state index in [-0.39, 0.29) is 5.82 Å². The average Bonchev–Trinajstić information content (AvgIpc) is 2.58. The van der Waals surface area contributed by atoms with Gasteiger partial charge in [-0.2, -0.15) is 0 Å². The molecule has 2 rings (SSSR count). The Bertz CT molecular complexity index is 363. The van der Waals surface area contributed by atoms with Crippen LogP contribution in [0.25, 0.3) is 0 Å². The lowest BCUT2D eigenvalue weighted by molar-refractivity contribution is 0.321. The zero-order chi connectivity index (χ0) is 9.26. The second-order valence-corrected chi connectivity index (χ2v) is 2.78.